The highest BCUT2D eigenvalue weighted by molar-refractivity contribution is 7.20. The molecule has 0 spiro atoms. The Hall–Kier alpha value is -2.21. The lowest BCUT2D eigenvalue weighted by Gasteiger charge is -2.31. The van der Waals surface area contributed by atoms with Gasteiger partial charge in [-0.3, -0.25) is 4.79 Å². The molecule has 26 heavy (non-hydrogen) atoms. The fraction of sp³-hybridized carbons (Fsp3) is 0.450. The van der Waals surface area contributed by atoms with Crippen molar-refractivity contribution in [2.24, 2.45) is 5.92 Å². The highest BCUT2D eigenvalue weighted by Gasteiger charge is 2.30. The highest BCUT2D eigenvalue weighted by atomic mass is 32.1. The van der Waals surface area contributed by atoms with E-state index in [1.54, 1.807) is 11.3 Å². The summed E-state index contributed by atoms with van der Waals surface area (Å²) in [7, 11) is 0. The second kappa shape index (κ2) is 6.50. The molecule has 1 saturated carbocycles. The van der Waals surface area contributed by atoms with Crippen LogP contribution in [0.25, 0.3) is 10.1 Å². The number of aromatic nitrogens is 2. The molecule has 1 unspecified atom stereocenters. The van der Waals surface area contributed by atoms with Crippen LogP contribution in [0.1, 0.15) is 53.0 Å². The Bertz CT molecular complexity index is 910. The number of carbonyl (C=O) groups is 1. The van der Waals surface area contributed by atoms with E-state index in [9.17, 15) is 4.79 Å². The topological polar surface area (TPSA) is 59.2 Å². The minimum Gasteiger partial charge on any atom is -0.339 e. The third-order valence-corrected chi connectivity index (χ3v) is 6.44. The number of rotatable bonds is 4. The molecule has 6 heteroatoms. The van der Waals surface area contributed by atoms with Crippen molar-refractivity contribution in [3.8, 4) is 0 Å². The van der Waals surface area contributed by atoms with Gasteiger partial charge in [0.05, 0.1) is 4.88 Å². The van der Waals surface area contributed by atoms with Crippen molar-refractivity contribution in [1.82, 2.24) is 15.0 Å². The summed E-state index contributed by atoms with van der Waals surface area (Å²) in [4.78, 5) is 20.3. The van der Waals surface area contributed by atoms with Gasteiger partial charge in [0.1, 0.15) is 0 Å². The van der Waals surface area contributed by atoms with Crippen molar-refractivity contribution in [2.75, 3.05) is 13.1 Å². The number of benzene rings is 1. The molecule has 0 bridgehead atoms. The minimum atomic E-state index is 0.153. The molecule has 1 amide bonds. The predicted octanol–water partition coefficient (Wildman–Crippen LogP) is 4.26. The van der Waals surface area contributed by atoms with E-state index in [2.05, 4.69) is 22.3 Å². The average molecular weight is 367 g/mol. The monoisotopic (exact) mass is 367 g/mol. The zero-order valence-corrected chi connectivity index (χ0v) is 15.4. The number of piperidine rings is 1. The Labute approximate surface area is 156 Å². The lowest BCUT2D eigenvalue weighted by atomic mass is 9.94. The number of thiophene rings is 1. The summed E-state index contributed by atoms with van der Waals surface area (Å²) >= 11 is 1.59. The number of hydrogen-bond donors (Lipinski definition) is 0. The van der Waals surface area contributed by atoms with Crippen LogP contribution in [-0.2, 0) is 6.42 Å². The van der Waals surface area contributed by atoms with Crippen LogP contribution in [0.2, 0.25) is 0 Å². The van der Waals surface area contributed by atoms with E-state index >= 15 is 0 Å². The van der Waals surface area contributed by atoms with Gasteiger partial charge in [-0.05, 0) is 49.1 Å². The lowest BCUT2D eigenvalue weighted by Crippen LogP contribution is -2.40. The van der Waals surface area contributed by atoms with E-state index in [4.69, 9.17) is 4.52 Å². The molecule has 5 rings (SSSR count). The third kappa shape index (κ3) is 3.14. The lowest BCUT2D eigenvalue weighted by molar-refractivity contribution is 0.0673. The molecule has 3 aromatic rings. The molecule has 1 atom stereocenters. The summed E-state index contributed by atoms with van der Waals surface area (Å²) in [5, 5.41) is 5.25. The van der Waals surface area contributed by atoms with Gasteiger partial charge in [0.25, 0.3) is 5.91 Å². The fourth-order valence-electron chi connectivity index (χ4n) is 3.76. The average Bonchev–Trinajstić information content (AvgIpc) is 3.26. The molecule has 2 fully saturated rings. The van der Waals surface area contributed by atoms with Crippen molar-refractivity contribution in [2.45, 2.75) is 38.0 Å². The van der Waals surface area contributed by atoms with E-state index in [1.807, 2.05) is 23.1 Å². The van der Waals surface area contributed by atoms with Gasteiger partial charge >= 0.3 is 0 Å². The van der Waals surface area contributed by atoms with Crippen LogP contribution in [0.4, 0.5) is 0 Å². The first-order chi connectivity index (χ1) is 12.8. The maximum atomic E-state index is 13.0. The van der Waals surface area contributed by atoms with Crippen LogP contribution in [0, 0.1) is 5.92 Å². The third-order valence-electron chi connectivity index (χ3n) is 5.33. The van der Waals surface area contributed by atoms with Crippen LogP contribution in [-0.4, -0.2) is 34.0 Å². The smallest absolute Gasteiger partial charge is 0.263 e. The highest BCUT2D eigenvalue weighted by Crippen LogP contribution is 2.38. The molecule has 1 aliphatic carbocycles. The maximum Gasteiger partial charge on any atom is 0.263 e. The largest absolute Gasteiger partial charge is 0.339 e. The Kier molecular flexibility index (Phi) is 4.00. The van der Waals surface area contributed by atoms with E-state index in [0.717, 1.165) is 54.3 Å². The number of hydrogen-bond acceptors (Lipinski definition) is 5. The van der Waals surface area contributed by atoms with Crippen LogP contribution in [0.5, 0.6) is 0 Å². The van der Waals surface area contributed by atoms with Crippen LogP contribution >= 0.6 is 11.3 Å². The minimum absolute atomic E-state index is 0.153. The quantitative estimate of drug-likeness (QED) is 0.691. The molecule has 0 radical (unpaired) electrons. The first kappa shape index (κ1) is 16.0. The molecule has 2 aromatic heterocycles. The summed E-state index contributed by atoms with van der Waals surface area (Å²) in [6, 6.07) is 10.2. The van der Waals surface area contributed by atoms with Gasteiger partial charge in [0, 0.05) is 30.1 Å². The molecule has 0 N–H and O–H groups in total. The van der Waals surface area contributed by atoms with Gasteiger partial charge in [-0.25, -0.2) is 0 Å². The second-order valence-corrected chi connectivity index (χ2v) is 8.52. The Morgan fingerprint density at radius 2 is 2.15 bits per heavy atom. The van der Waals surface area contributed by atoms with Crippen molar-refractivity contribution in [3.63, 3.8) is 0 Å². The van der Waals surface area contributed by atoms with E-state index in [1.165, 1.54) is 17.5 Å². The summed E-state index contributed by atoms with van der Waals surface area (Å²) in [5.41, 5.74) is 0. The molecule has 3 heterocycles. The molecular weight excluding hydrogens is 346 g/mol. The molecule has 1 saturated heterocycles. The molecular formula is C20H21N3O2S. The number of amides is 1. The second-order valence-electron chi connectivity index (χ2n) is 7.43. The van der Waals surface area contributed by atoms with Gasteiger partial charge in [-0.2, -0.15) is 4.98 Å². The number of likely N-dealkylation sites (tertiary alicyclic amines) is 1. The standard InChI is InChI=1S/C20H21N3O2S/c24-20(17-11-15-5-1-2-6-16(15)26-17)23-9-3-4-13(12-23)10-18-21-19(22-25-18)14-7-8-14/h1-2,5-6,11,13-14H,3-4,7-10,12H2. The van der Waals surface area contributed by atoms with Crippen LogP contribution < -0.4 is 0 Å². The predicted molar refractivity (Wildman–Crippen MR) is 100 cm³/mol. The fourth-order valence-corrected chi connectivity index (χ4v) is 4.80. The first-order valence-electron chi connectivity index (χ1n) is 9.36. The van der Waals surface area contributed by atoms with E-state index < -0.39 is 0 Å². The SMILES string of the molecule is O=C(c1cc2ccccc2s1)N1CCCC(Cc2nc(C3CC3)no2)C1. The summed E-state index contributed by atoms with van der Waals surface area (Å²) in [6.07, 6.45) is 5.28. The van der Waals surface area contributed by atoms with Gasteiger partial charge in [-0.15, -0.1) is 11.3 Å². The van der Waals surface area contributed by atoms with Crippen LogP contribution in [0.15, 0.2) is 34.9 Å². The normalized spacial score (nSPS) is 20.6. The van der Waals surface area contributed by atoms with E-state index in [0.29, 0.717) is 11.8 Å². The Morgan fingerprint density at radius 3 is 3.00 bits per heavy atom. The van der Waals surface area contributed by atoms with E-state index in [-0.39, 0.29) is 5.91 Å². The first-order valence-corrected chi connectivity index (χ1v) is 10.2. The number of nitrogens with zero attached hydrogens (tertiary/aromatic N) is 3. The zero-order valence-electron chi connectivity index (χ0n) is 14.6. The summed E-state index contributed by atoms with van der Waals surface area (Å²) in [5.74, 6) is 2.67. The summed E-state index contributed by atoms with van der Waals surface area (Å²) in [6.45, 7) is 1.61. The number of carbonyl (C=O) groups excluding carboxylic acids is 1. The van der Waals surface area contributed by atoms with Crippen molar-refractivity contribution >= 4 is 27.3 Å². The molecule has 134 valence electrons. The van der Waals surface area contributed by atoms with Crippen molar-refractivity contribution in [1.29, 1.82) is 0 Å². The summed E-state index contributed by atoms with van der Waals surface area (Å²) < 4.78 is 6.60. The zero-order chi connectivity index (χ0) is 17.5. The molecule has 5 nitrogen and oxygen atoms in total. The Morgan fingerprint density at radius 1 is 1.27 bits per heavy atom. The van der Waals surface area contributed by atoms with Crippen molar-refractivity contribution in [3.05, 3.63) is 46.9 Å². The van der Waals surface area contributed by atoms with Crippen molar-refractivity contribution < 1.29 is 9.32 Å². The van der Waals surface area contributed by atoms with Gasteiger partial charge in [0.15, 0.2) is 5.82 Å². The van der Waals surface area contributed by atoms with Gasteiger partial charge in [-0.1, -0.05) is 23.4 Å². The maximum absolute atomic E-state index is 13.0. The van der Waals surface area contributed by atoms with Crippen LogP contribution in [0.3, 0.4) is 0 Å². The molecule has 1 aliphatic heterocycles. The number of fused-ring (bicyclic) bond motifs is 1. The Balaban J connectivity index is 1.27. The molecule has 1 aromatic carbocycles. The van der Waals surface area contributed by atoms with Gasteiger partial charge < -0.3 is 9.42 Å². The molecule has 2 aliphatic rings. The van der Waals surface area contributed by atoms with Gasteiger partial charge in [0.2, 0.25) is 5.89 Å².